The standard InChI is InChI=1S/C13H14N2O3/c1-9-3-4-10(2)12(7-9)18-8-15-6-5-11(14-15)13(16)17/h3-7H,8H2,1-2H3,(H,16,17). The number of ether oxygens (including phenoxy) is 1. The maximum atomic E-state index is 10.7. The van der Waals surface area contributed by atoms with E-state index < -0.39 is 5.97 Å². The molecule has 0 saturated carbocycles. The molecule has 1 aromatic carbocycles. The third-order valence-electron chi connectivity index (χ3n) is 2.56. The molecule has 0 spiro atoms. The SMILES string of the molecule is Cc1ccc(C)c(OCn2ccc(C(=O)O)n2)c1. The van der Waals surface area contributed by atoms with Crippen molar-refractivity contribution in [2.24, 2.45) is 0 Å². The first-order chi connectivity index (χ1) is 8.56. The molecule has 1 heterocycles. The van der Waals surface area contributed by atoms with Crippen LogP contribution in [0.15, 0.2) is 30.5 Å². The summed E-state index contributed by atoms with van der Waals surface area (Å²) in [5.74, 6) is -0.261. The minimum atomic E-state index is -1.04. The molecule has 0 radical (unpaired) electrons. The molecule has 0 aliphatic carbocycles. The summed E-state index contributed by atoms with van der Waals surface area (Å²) < 4.78 is 7.05. The number of aryl methyl sites for hydroxylation is 2. The van der Waals surface area contributed by atoms with Crippen LogP contribution in [0.2, 0.25) is 0 Å². The highest BCUT2D eigenvalue weighted by Crippen LogP contribution is 2.19. The molecule has 5 nitrogen and oxygen atoms in total. The molecular formula is C13H14N2O3. The topological polar surface area (TPSA) is 64.3 Å². The van der Waals surface area contributed by atoms with Crippen molar-refractivity contribution < 1.29 is 14.6 Å². The quantitative estimate of drug-likeness (QED) is 0.898. The van der Waals surface area contributed by atoms with E-state index >= 15 is 0 Å². The van der Waals surface area contributed by atoms with Crippen LogP contribution in [0.25, 0.3) is 0 Å². The molecule has 2 aromatic rings. The smallest absolute Gasteiger partial charge is 0.356 e. The zero-order chi connectivity index (χ0) is 13.1. The molecule has 0 amide bonds. The van der Waals surface area contributed by atoms with Gasteiger partial charge in [-0.3, -0.25) is 0 Å². The maximum Gasteiger partial charge on any atom is 0.356 e. The van der Waals surface area contributed by atoms with Gasteiger partial charge < -0.3 is 9.84 Å². The van der Waals surface area contributed by atoms with Gasteiger partial charge in [0.25, 0.3) is 0 Å². The Labute approximate surface area is 105 Å². The second-order valence-corrected chi connectivity index (χ2v) is 4.09. The summed E-state index contributed by atoms with van der Waals surface area (Å²) in [6.07, 6.45) is 1.58. The number of nitrogens with zero attached hydrogens (tertiary/aromatic N) is 2. The van der Waals surface area contributed by atoms with E-state index in [1.807, 2.05) is 32.0 Å². The van der Waals surface area contributed by atoms with E-state index in [0.717, 1.165) is 16.9 Å². The lowest BCUT2D eigenvalue weighted by molar-refractivity contribution is 0.0688. The zero-order valence-corrected chi connectivity index (χ0v) is 10.3. The van der Waals surface area contributed by atoms with Crippen molar-refractivity contribution in [3.8, 4) is 5.75 Å². The van der Waals surface area contributed by atoms with E-state index in [1.54, 1.807) is 6.20 Å². The van der Waals surface area contributed by atoms with Crippen LogP contribution in [0.4, 0.5) is 0 Å². The third kappa shape index (κ3) is 2.68. The van der Waals surface area contributed by atoms with Crippen LogP contribution >= 0.6 is 0 Å². The van der Waals surface area contributed by atoms with Crippen molar-refractivity contribution in [1.29, 1.82) is 0 Å². The predicted octanol–water partition coefficient (Wildman–Crippen LogP) is 2.23. The number of hydrogen-bond donors (Lipinski definition) is 1. The van der Waals surface area contributed by atoms with Gasteiger partial charge in [0.2, 0.25) is 0 Å². The van der Waals surface area contributed by atoms with Crippen molar-refractivity contribution in [3.63, 3.8) is 0 Å². The maximum absolute atomic E-state index is 10.7. The van der Waals surface area contributed by atoms with Crippen LogP contribution < -0.4 is 4.74 Å². The van der Waals surface area contributed by atoms with Gasteiger partial charge in [0.15, 0.2) is 12.4 Å². The monoisotopic (exact) mass is 246 g/mol. The lowest BCUT2D eigenvalue weighted by Gasteiger charge is -2.09. The lowest BCUT2D eigenvalue weighted by atomic mass is 10.1. The molecule has 2 rings (SSSR count). The number of benzene rings is 1. The van der Waals surface area contributed by atoms with Crippen molar-refractivity contribution in [2.75, 3.05) is 0 Å². The fraction of sp³-hybridized carbons (Fsp3) is 0.231. The van der Waals surface area contributed by atoms with Gasteiger partial charge in [-0.2, -0.15) is 5.10 Å². The summed E-state index contributed by atoms with van der Waals surface area (Å²) in [6, 6.07) is 7.38. The fourth-order valence-electron chi connectivity index (χ4n) is 1.55. The van der Waals surface area contributed by atoms with E-state index in [1.165, 1.54) is 10.7 Å². The van der Waals surface area contributed by atoms with Crippen LogP contribution in [0, 0.1) is 13.8 Å². The van der Waals surface area contributed by atoms with Crippen molar-refractivity contribution >= 4 is 5.97 Å². The molecule has 0 saturated heterocycles. The van der Waals surface area contributed by atoms with E-state index in [4.69, 9.17) is 9.84 Å². The number of rotatable bonds is 4. The molecule has 0 aliphatic heterocycles. The molecule has 18 heavy (non-hydrogen) atoms. The highest BCUT2D eigenvalue weighted by atomic mass is 16.5. The lowest BCUT2D eigenvalue weighted by Crippen LogP contribution is -2.08. The number of aromatic carboxylic acids is 1. The highest BCUT2D eigenvalue weighted by Gasteiger charge is 2.07. The minimum Gasteiger partial charge on any atom is -0.476 e. The van der Waals surface area contributed by atoms with Gasteiger partial charge in [-0.05, 0) is 37.1 Å². The van der Waals surface area contributed by atoms with Crippen LogP contribution in [0.3, 0.4) is 0 Å². The van der Waals surface area contributed by atoms with Gasteiger partial charge in [-0.15, -0.1) is 0 Å². The van der Waals surface area contributed by atoms with Crippen molar-refractivity contribution in [2.45, 2.75) is 20.6 Å². The Morgan fingerprint density at radius 3 is 2.83 bits per heavy atom. The Kier molecular flexibility index (Phi) is 3.32. The Morgan fingerprint density at radius 1 is 1.39 bits per heavy atom. The number of carboxylic acid groups (broad SMARTS) is 1. The molecule has 5 heteroatoms. The second kappa shape index (κ2) is 4.91. The van der Waals surface area contributed by atoms with Gasteiger partial charge >= 0.3 is 5.97 Å². The average molecular weight is 246 g/mol. The summed E-state index contributed by atoms with van der Waals surface area (Å²) in [7, 11) is 0. The summed E-state index contributed by atoms with van der Waals surface area (Å²) in [4.78, 5) is 10.7. The van der Waals surface area contributed by atoms with Gasteiger partial charge in [0.1, 0.15) is 5.75 Å². The Balaban J connectivity index is 2.06. The largest absolute Gasteiger partial charge is 0.476 e. The molecule has 0 fully saturated rings. The molecule has 0 unspecified atom stereocenters. The van der Waals surface area contributed by atoms with E-state index in [0.29, 0.717) is 0 Å². The number of carboxylic acids is 1. The molecule has 1 aromatic heterocycles. The zero-order valence-electron chi connectivity index (χ0n) is 10.3. The summed E-state index contributed by atoms with van der Waals surface area (Å²) in [5, 5.41) is 12.6. The summed E-state index contributed by atoms with van der Waals surface area (Å²) in [5.41, 5.74) is 2.16. The first-order valence-electron chi connectivity index (χ1n) is 5.53. The molecule has 0 aliphatic rings. The Hall–Kier alpha value is -2.30. The average Bonchev–Trinajstić information content (AvgIpc) is 2.79. The first-order valence-corrected chi connectivity index (χ1v) is 5.53. The third-order valence-corrected chi connectivity index (χ3v) is 2.56. The highest BCUT2D eigenvalue weighted by molar-refractivity contribution is 5.84. The van der Waals surface area contributed by atoms with Gasteiger partial charge in [0, 0.05) is 6.20 Å². The molecule has 0 bridgehead atoms. The normalized spacial score (nSPS) is 10.3. The number of carbonyl (C=O) groups is 1. The van der Waals surface area contributed by atoms with Crippen LogP contribution in [-0.4, -0.2) is 20.9 Å². The van der Waals surface area contributed by atoms with Crippen molar-refractivity contribution in [3.05, 3.63) is 47.3 Å². The van der Waals surface area contributed by atoms with Crippen molar-refractivity contribution in [1.82, 2.24) is 9.78 Å². The summed E-state index contributed by atoms with van der Waals surface area (Å²) >= 11 is 0. The number of aromatic nitrogens is 2. The van der Waals surface area contributed by atoms with Gasteiger partial charge in [0.05, 0.1) is 0 Å². The van der Waals surface area contributed by atoms with E-state index in [9.17, 15) is 4.79 Å². The first kappa shape index (κ1) is 12.2. The second-order valence-electron chi connectivity index (χ2n) is 4.09. The summed E-state index contributed by atoms with van der Waals surface area (Å²) in [6.45, 7) is 4.14. The molecular weight excluding hydrogens is 232 g/mol. The molecule has 1 N–H and O–H groups in total. The Morgan fingerprint density at radius 2 is 2.17 bits per heavy atom. The van der Waals surface area contributed by atoms with Gasteiger partial charge in [-0.1, -0.05) is 12.1 Å². The van der Waals surface area contributed by atoms with E-state index in [-0.39, 0.29) is 12.4 Å². The van der Waals surface area contributed by atoms with Crippen LogP contribution in [0.1, 0.15) is 21.6 Å². The van der Waals surface area contributed by atoms with E-state index in [2.05, 4.69) is 5.10 Å². The predicted molar refractivity (Wildman–Crippen MR) is 65.7 cm³/mol. The van der Waals surface area contributed by atoms with Crippen LogP contribution in [0.5, 0.6) is 5.75 Å². The molecule has 94 valence electrons. The fourth-order valence-corrected chi connectivity index (χ4v) is 1.55. The molecule has 0 atom stereocenters. The minimum absolute atomic E-state index is 0.0135. The van der Waals surface area contributed by atoms with Gasteiger partial charge in [-0.25, -0.2) is 9.48 Å². The number of hydrogen-bond acceptors (Lipinski definition) is 3. The Bertz CT molecular complexity index is 575. The van der Waals surface area contributed by atoms with Crippen LogP contribution in [-0.2, 0) is 6.73 Å².